The number of hydrogen-bond donors (Lipinski definition) is 2. The summed E-state index contributed by atoms with van der Waals surface area (Å²) >= 11 is 0. The molecule has 0 aliphatic rings. The van der Waals surface area contributed by atoms with E-state index in [1.165, 1.54) is 6.92 Å². The van der Waals surface area contributed by atoms with E-state index in [0.717, 1.165) is 18.2 Å². The molecule has 2 N–H and O–H groups in total. The fourth-order valence-corrected chi connectivity index (χ4v) is 2.44. The quantitative estimate of drug-likeness (QED) is 0.519. The Balaban J connectivity index is 2.75. The highest BCUT2D eigenvalue weighted by molar-refractivity contribution is 5.88. The summed E-state index contributed by atoms with van der Waals surface area (Å²) in [6, 6.07) is 1.99. The monoisotopic (exact) mass is 422 g/mol. The standard InChI is InChI=1S/C22H32F2N4O2/c1-14(26-19(29)11-16-9-17(23)12-18(24)10-16)20(30)27-15(2)28(22(6,7)8)25-13-21(3,4)5/h9-10,12-14H,2,11H2,1,3-8H3,(H,26,29)(H,27,30)/b25-13+/t14-/m0/s1. The van der Waals surface area contributed by atoms with E-state index < -0.39 is 35.0 Å². The number of nitrogens with zero attached hydrogens (tertiary/aromatic N) is 2. The van der Waals surface area contributed by atoms with E-state index in [1.807, 2.05) is 41.5 Å². The fourth-order valence-electron chi connectivity index (χ4n) is 2.44. The molecule has 8 heteroatoms. The number of hydrazone groups is 1. The van der Waals surface area contributed by atoms with Crippen LogP contribution in [0.4, 0.5) is 8.78 Å². The zero-order valence-corrected chi connectivity index (χ0v) is 18.8. The number of carbonyl (C=O) groups is 2. The summed E-state index contributed by atoms with van der Waals surface area (Å²) in [7, 11) is 0. The van der Waals surface area contributed by atoms with Crippen LogP contribution in [0.1, 0.15) is 54.0 Å². The van der Waals surface area contributed by atoms with E-state index in [4.69, 9.17) is 0 Å². The van der Waals surface area contributed by atoms with Crippen molar-refractivity contribution in [3.05, 3.63) is 47.8 Å². The smallest absolute Gasteiger partial charge is 0.247 e. The number of carbonyl (C=O) groups excluding carboxylic acids is 2. The summed E-state index contributed by atoms with van der Waals surface area (Å²) in [6.45, 7) is 17.2. The van der Waals surface area contributed by atoms with Crippen LogP contribution >= 0.6 is 0 Å². The summed E-state index contributed by atoms with van der Waals surface area (Å²) in [5, 5.41) is 11.2. The third-order valence-corrected chi connectivity index (χ3v) is 3.78. The van der Waals surface area contributed by atoms with Crippen molar-refractivity contribution in [3.63, 3.8) is 0 Å². The highest BCUT2D eigenvalue weighted by Crippen LogP contribution is 2.19. The Morgan fingerprint density at radius 2 is 1.67 bits per heavy atom. The molecule has 0 fully saturated rings. The highest BCUT2D eigenvalue weighted by atomic mass is 19.1. The van der Waals surface area contributed by atoms with E-state index in [9.17, 15) is 18.4 Å². The van der Waals surface area contributed by atoms with Gasteiger partial charge in [0.15, 0.2) is 0 Å². The van der Waals surface area contributed by atoms with Crippen LogP contribution in [0.2, 0.25) is 0 Å². The van der Waals surface area contributed by atoms with Gasteiger partial charge in [-0.05, 0) is 50.8 Å². The van der Waals surface area contributed by atoms with Crippen molar-refractivity contribution < 1.29 is 18.4 Å². The van der Waals surface area contributed by atoms with Gasteiger partial charge in [0, 0.05) is 12.3 Å². The van der Waals surface area contributed by atoms with Gasteiger partial charge in [0.25, 0.3) is 0 Å². The molecule has 6 nitrogen and oxygen atoms in total. The minimum Gasteiger partial charge on any atom is -0.344 e. The number of halogens is 2. The normalized spacial score (nSPS) is 13.1. The van der Waals surface area contributed by atoms with Crippen LogP contribution in [-0.2, 0) is 16.0 Å². The van der Waals surface area contributed by atoms with Gasteiger partial charge in [-0.25, -0.2) is 13.8 Å². The summed E-state index contributed by atoms with van der Waals surface area (Å²) in [5.74, 6) is -2.29. The zero-order valence-electron chi connectivity index (χ0n) is 18.8. The van der Waals surface area contributed by atoms with Crippen LogP contribution < -0.4 is 10.6 Å². The average molecular weight is 423 g/mol. The zero-order chi connectivity index (χ0) is 23.3. The largest absolute Gasteiger partial charge is 0.344 e. The molecular weight excluding hydrogens is 390 g/mol. The van der Waals surface area contributed by atoms with Crippen molar-refractivity contribution in [1.29, 1.82) is 0 Å². The van der Waals surface area contributed by atoms with E-state index in [0.29, 0.717) is 0 Å². The minimum atomic E-state index is -0.888. The Kier molecular flexibility index (Phi) is 8.27. The van der Waals surface area contributed by atoms with Crippen molar-refractivity contribution in [1.82, 2.24) is 15.6 Å². The van der Waals surface area contributed by atoms with Gasteiger partial charge in [0.2, 0.25) is 11.8 Å². The van der Waals surface area contributed by atoms with Gasteiger partial charge in [0.05, 0.1) is 12.0 Å². The SMILES string of the molecule is C=C(NC(=O)[C@H](C)NC(=O)Cc1cc(F)cc(F)c1)N(/N=C/C(C)(C)C)C(C)(C)C. The highest BCUT2D eigenvalue weighted by Gasteiger charge is 2.25. The van der Waals surface area contributed by atoms with Gasteiger partial charge in [0.1, 0.15) is 23.5 Å². The first-order valence-electron chi connectivity index (χ1n) is 9.68. The number of benzene rings is 1. The third-order valence-electron chi connectivity index (χ3n) is 3.78. The Morgan fingerprint density at radius 3 is 2.13 bits per heavy atom. The number of amides is 2. The third kappa shape index (κ3) is 8.71. The Morgan fingerprint density at radius 1 is 1.13 bits per heavy atom. The van der Waals surface area contributed by atoms with Crippen LogP contribution in [0.5, 0.6) is 0 Å². The van der Waals surface area contributed by atoms with Crippen molar-refractivity contribution in [2.45, 2.75) is 66.5 Å². The second-order valence-electron chi connectivity index (χ2n) is 9.27. The minimum absolute atomic E-state index is 0.161. The van der Waals surface area contributed by atoms with Crippen LogP contribution in [0.15, 0.2) is 35.7 Å². The molecule has 0 aliphatic heterocycles. The van der Waals surface area contributed by atoms with Crippen LogP contribution in [0.3, 0.4) is 0 Å². The summed E-state index contributed by atoms with van der Waals surface area (Å²) in [4.78, 5) is 24.6. The number of rotatable bonds is 7. The molecule has 0 saturated heterocycles. The molecule has 166 valence electrons. The second kappa shape index (κ2) is 9.82. The molecule has 0 spiro atoms. The maximum absolute atomic E-state index is 13.3. The lowest BCUT2D eigenvalue weighted by Crippen LogP contribution is -2.49. The Hall–Kier alpha value is -2.77. The summed E-state index contributed by atoms with van der Waals surface area (Å²) in [6.07, 6.45) is 1.51. The van der Waals surface area contributed by atoms with E-state index in [-0.39, 0.29) is 23.2 Å². The number of hydrogen-bond acceptors (Lipinski definition) is 4. The molecule has 1 atom stereocenters. The lowest BCUT2D eigenvalue weighted by atomic mass is 9.99. The van der Waals surface area contributed by atoms with E-state index in [1.54, 1.807) is 11.2 Å². The molecule has 0 saturated carbocycles. The van der Waals surface area contributed by atoms with Crippen molar-refractivity contribution in [3.8, 4) is 0 Å². The van der Waals surface area contributed by atoms with Gasteiger partial charge in [-0.3, -0.25) is 9.59 Å². The Labute approximate surface area is 177 Å². The molecule has 30 heavy (non-hydrogen) atoms. The molecule has 1 aromatic carbocycles. The summed E-state index contributed by atoms with van der Waals surface area (Å²) in [5.41, 5.74) is -0.427. The summed E-state index contributed by atoms with van der Waals surface area (Å²) < 4.78 is 26.5. The van der Waals surface area contributed by atoms with Gasteiger partial charge in [-0.2, -0.15) is 5.10 Å². The lowest BCUT2D eigenvalue weighted by molar-refractivity contribution is -0.128. The van der Waals surface area contributed by atoms with Crippen LogP contribution in [0.25, 0.3) is 0 Å². The molecule has 0 aromatic heterocycles. The second-order valence-corrected chi connectivity index (χ2v) is 9.27. The molecule has 0 heterocycles. The van der Waals surface area contributed by atoms with Gasteiger partial charge < -0.3 is 10.6 Å². The molecule has 0 unspecified atom stereocenters. The lowest BCUT2D eigenvalue weighted by Gasteiger charge is -2.35. The van der Waals surface area contributed by atoms with Crippen molar-refractivity contribution in [2.24, 2.45) is 10.5 Å². The molecular formula is C22H32F2N4O2. The molecule has 2 amide bonds. The first-order valence-corrected chi connectivity index (χ1v) is 9.68. The van der Waals surface area contributed by atoms with Gasteiger partial charge in [-0.15, -0.1) is 0 Å². The molecule has 1 aromatic rings. The Bertz CT molecular complexity index is 803. The van der Waals surface area contributed by atoms with Gasteiger partial charge in [-0.1, -0.05) is 27.4 Å². The number of nitrogens with one attached hydrogen (secondary N) is 2. The molecule has 0 aliphatic carbocycles. The maximum Gasteiger partial charge on any atom is 0.247 e. The van der Waals surface area contributed by atoms with Crippen molar-refractivity contribution in [2.75, 3.05) is 0 Å². The van der Waals surface area contributed by atoms with Crippen molar-refractivity contribution >= 4 is 18.0 Å². The topological polar surface area (TPSA) is 73.8 Å². The predicted octanol–water partition coefficient (Wildman–Crippen LogP) is 3.73. The maximum atomic E-state index is 13.3. The first-order chi connectivity index (χ1) is 13.6. The van der Waals surface area contributed by atoms with Crippen LogP contribution in [-0.4, -0.2) is 34.6 Å². The van der Waals surface area contributed by atoms with Gasteiger partial charge >= 0.3 is 0 Å². The van der Waals surface area contributed by atoms with E-state index in [2.05, 4.69) is 22.3 Å². The predicted molar refractivity (Wildman–Crippen MR) is 114 cm³/mol. The van der Waals surface area contributed by atoms with E-state index >= 15 is 0 Å². The first kappa shape index (κ1) is 25.3. The molecule has 0 bridgehead atoms. The average Bonchev–Trinajstić information content (AvgIpc) is 2.50. The van der Waals surface area contributed by atoms with Crippen LogP contribution in [0, 0.1) is 17.0 Å². The molecule has 1 rings (SSSR count). The fraction of sp³-hybridized carbons (Fsp3) is 0.500. The molecule has 0 radical (unpaired) electrons.